The summed E-state index contributed by atoms with van der Waals surface area (Å²) in [7, 11) is 0. The van der Waals surface area contributed by atoms with Gasteiger partial charge in [0.25, 0.3) is 0 Å². The standard InChI is InChI=1S/C7H6ClN3O/c1-3-6-7(11-12-3)4(9)2-5(8)10-6/h2H,9H2,1H3. The Balaban J connectivity index is 2.92. The fraction of sp³-hybridized carbons (Fsp3) is 0.143. The highest BCUT2D eigenvalue weighted by Crippen LogP contribution is 2.23. The minimum atomic E-state index is 0.353. The summed E-state index contributed by atoms with van der Waals surface area (Å²) in [5.41, 5.74) is 7.30. The number of nitrogen functional groups attached to an aromatic ring is 1. The average molecular weight is 184 g/mol. The number of hydrogen-bond donors (Lipinski definition) is 1. The van der Waals surface area contributed by atoms with Gasteiger partial charge in [-0.3, -0.25) is 0 Å². The second-order valence-corrected chi connectivity index (χ2v) is 2.86. The van der Waals surface area contributed by atoms with Crippen LogP contribution in [0.25, 0.3) is 11.0 Å². The van der Waals surface area contributed by atoms with Gasteiger partial charge < -0.3 is 10.3 Å². The molecule has 2 N–H and O–H groups in total. The van der Waals surface area contributed by atoms with E-state index in [-0.39, 0.29) is 0 Å². The van der Waals surface area contributed by atoms with Crippen LogP contribution in [0.3, 0.4) is 0 Å². The van der Waals surface area contributed by atoms with Gasteiger partial charge in [-0.15, -0.1) is 0 Å². The van der Waals surface area contributed by atoms with E-state index in [4.69, 9.17) is 21.9 Å². The van der Waals surface area contributed by atoms with Crippen molar-refractivity contribution in [3.8, 4) is 0 Å². The first kappa shape index (κ1) is 7.36. The zero-order valence-corrected chi connectivity index (χ0v) is 7.09. The number of rotatable bonds is 0. The molecule has 2 heterocycles. The molecule has 0 bridgehead atoms. The number of fused-ring (bicyclic) bond motifs is 1. The first-order chi connectivity index (χ1) is 5.68. The molecule has 2 aromatic heterocycles. The minimum absolute atomic E-state index is 0.353. The van der Waals surface area contributed by atoms with Gasteiger partial charge in [0.2, 0.25) is 0 Å². The largest absolute Gasteiger partial charge is 0.397 e. The molecule has 0 radical (unpaired) electrons. The molecule has 0 aromatic carbocycles. The first-order valence-electron chi connectivity index (χ1n) is 3.36. The van der Waals surface area contributed by atoms with Crippen molar-refractivity contribution in [2.24, 2.45) is 0 Å². The van der Waals surface area contributed by atoms with Crippen molar-refractivity contribution >= 4 is 28.3 Å². The van der Waals surface area contributed by atoms with Crippen LogP contribution in [0.15, 0.2) is 10.6 Å². The monoisotopic (exact) mass is 183 g/mol. The molecule has 0 saturated carbocycles. The minimum Gasteiger partial charge on any atom is -0.397 e. The molecule has 12 heavy (non-hydrogen) atoms. The molecule has 0 saturated heterocycles. The SMILES string of the molecule is Cc1onc2c(N)cc(Cl)nc12. The predicted molar refractivity (Wildman–Crippen MR) is 46.0 cm³/mol. The Morgan fingerprint density at radius 1 is 1.50 bits per heavy atom. The van der Waals surface area contributed by atoms with E-state index >= 15 is 0 Å². The van der Waals surface area contributed by atoms with Crippen LogP contribution in [0.2, 0.25) is 5.15 Å². The Kier molecular flexibility index (Phi) is 1.44. The maximum atomic E-state index is 5.69. The maximum absolute atomic E-state index is 5.69. The number of pyridine rings is 1. The number of nitrogens with two attached hydrogens (primary N) is 1. The molecule has 0 unspecified atom stereocenters. The Hall–Kier alpha value is -1.29. The zero-order valence-electron chi connectivity index (χ0n) is 6.34. The van der Waals surface area contributed by atoms with Crippen LogP contribution in [-0.4, -0.2) is 10.1 Å². The van der Waals surface area contributed by atoms with Gasteiger partial charge in [0.05, 0.1) is 5.69 Å². The summed E-state index contributed by atoms with van der Waals surface area (Å²) in [6.07, 6.45) is 0. The van der Waals surface area contributed by atoms with Gasteiger partial charge in [0.1, 0.15) is 10.7 Å². The molecule has 0 aliphatic heterocycles. The Bertz CT molecular complexity index is 437. The van der Waals surface area contributed by atoms with Crippen LogP contribution in [-0.2, 0) is 0 Å². The maximum Gasteiger partial charge on any atom is 0.160 e. The van der Waals surface area contributed by atoms with E-state index in [1.807, 2.05) is 0 Å². The summed E-state index contributed by atoms with van der Waals surface area (Å²) in [6.45, 7) is 1.76. The lowest BCUT2D eigenvalue weighted by molar-refractivity contribution is 0.405. The molecule has 0 aliphatic rings. The fourth-order valence-corrected chi connectivity index (χ4v) is 1.23. The average Bonchev–Trinajstić information content (AvgIpc) is 2.33. The number of hydrogen-bond acceptors (Lipinski definition) is 4. The Morgan fingerprint density at radius 3 is 3.00 bits per heavy atom. The number of aryl methyl sites for hydroxylation is 1. The van der Waals surface area contributed by atoms with Gasteiger partial charge in [-0.05, 0) is 6.92 Å². The summed E-state index contributed by atoms with van der Waals surface area (Å²) in [6, 6.07) is 1.55. The van der Waals surface area contributed by atoms with Crippen LogP contribution >= 0.6 is 11.6 Å². The van der Waals surface area contributed by atoms with Crippen molar-refractivity contribution in [3.63, 3.8) is 0 Å². The number of anilines is 1. The number of halogens is 1. The molecular formula is C7H6ClN3O. The van der Waals surface area contributed by atoms with Crippen molar-refractivity contribution < 1.29 is 4.52 Å². The number of aromatic nitrogens is 2. The van der Waals surface area contributed by atoms with E-state index in [1.165, 1.54) is 0 Å². The third kappa shape index (κ3) is 0.921. The summed E-state index contributed by atoms with van der Waals surface area (Å²) in [5.74, 6) is 0.624. The molecule has 0 fully saturated rings. The van der Waals surface area contributed by atoms with Crippen molar-refractivity contribution in [3.05, 3.63) is 17.0 Å². The summed E-state index contributed by atoms with van der Waals surface area (Å²) in [4.78, 5) is 4.03. The highest BCUT2D eigenvalue weighted by atomic mass is 35.5. The molecule has 62 valence electrons. The first-order valence-corrected chi connectivity index (χ1v) is 3.74. The van der Waals surface area contributed by atoms with Gasteiger partial charge in [0.15, 0.2) is 11.3 Å². The third-order valence-electron chi connectivity index (χ3n) is 1.60. The molecule has 0 spiro atoms. The lowest BCUT2D eigenvalue weighted by Crippen LogP contribution is -1.88. The summed E-state index contributed by atoms with van der Waals surface area (Å²) in [5, 5.41) is 4.09. The summed E-state index contributed by atoms with van der Waals surface area (Å²) < 4.78 is 4.90. The number of nitrogens with zero attached hydrogens (tertiary/aromatic N) is 2. The molecule has 0 amide bonds. The van der Waals surface area contributed by atoms with Crippen LogP contribution in [0.5, 0.6) is 0 Å². The predicted octanol–water partition coefficient (Wildman–Crippen LogP) is 1.77. The van der Waals surface area contributed by atoms with Gasteiger partial charge in [-0.25, -0.2) is 4.98 Å². The van der Waals surface area contributed by atoms with E-state index in [9.17, 15) is 0 Å². The quantitative estimate of drug-likeness (QED) is 0.633. The van der Waals surface area contributed by atoms with E-state index in [2.05, 4.69) is 10.1 Å². The lowest BCUT2D eigenvalue weighted by Gasteiger charge is -1.93. The van der Waals surface area contributed by atoms with Gasteiger partial charge in [-0.2, -0.15) is 0 Å². The van der Waals surface area contributed by atoms with Crippen molar-refractivity contribution in [2.75, 3.05) is 5.73 Å². The topological polar surface area (TPSA) is 64.9 Å². The molecule has 0 atom stereocenters. The normalized spacial score (nSPS) is 10.8. The van der Waals surface area contributed by atoms with Crippen LogP contribution < -0.4 is 5.73 Å². The van der Waals surface area contributed by atoms with Crippen molar-refractivity contribution in [1.82, 2.24) is 10.1 Å². The van der Waals surface area contributed by atoms with Crippen molar-refractivity contribution in [1.29, 1.82) is 0 Å². The zero-order chi connectivity index (χ0) is 8.72. The van der Waals surface area contributed by atoms with Gasteiger partial charge in [0, 0.05) is 6.07 Å². The molecule has 5 heteroatoms. The summed E-state index contributed by atoms with van der Waals surface area (Å²) >= 11 is 5.69. The molecular weight excluding hydrogens is 178 g/mol. The van der Waals surface area contributed by atoms with E-state index in [0.29, 0.717) is 27.6 Å². The Morgan fingerprint density at radius 2 is 2.25 bits per heavy atom. The fourth-order valence-electron chi connectivity index (χ4n) is 1.02. The van der Waals surface area contributed by atoms with Crippen LogP contribution in [0.1, 0.15) is 5.76 Å². The highest BCUT2D eigenvalue weighted by molar-refractivity contribution is 6.30. The van der Waals surface area contributed by atoms with Crippen molar-refractivity contribution in [2.45, 2.75) is 6.92 Å². The van der Waals surface area contributed by atoms with E-state index in [0.717, 1.165) is 0 Å². The molecule has 2 rings (SSSR count). The lowest BCUT2D eigenvalue weighted by atomic mass is 10.3. The molecule has 2 aromatic rings. The van der Waals surface area contributed by atoms with E-state index in [1.54, 1.807) is 13.0 Å². The second kappa shape index (κ2) is 2.35. The van der Waals surface area contributed by atoms with E-state index < -0.39 is 0 Å². The smallest absolute Gasteiger partial charge is 0.160 e. The van der Waals surface area contributed by atoms with Crippen LogP contribution in [0.4, 0.5) is 5.69 Å². The highest BCUT2D eigenvalue weighted by Gasteiger charge is 2.09. The molecule has 0 aliphatic carbocycles. The third-order valence-corrected chi connectivity index (χ3v) is 1.79. The van der Waals surface area contributed by atoms with Gasteiger partial charge >= 0.3 is 0 Å². The second-order valence-electron chi connectivity index (χ2n) is 2.47. The molecule has 4 nitrogen and oxygen atoms in total. The van der Waals surface area contributed by atoms with Crippen LogP contribution in [0, 0.1) is 6.92 Å². The van der Waals surface area contributed by atoms with Gasteiger partial charge in [-0.1, -0.05) is 16.8 Å². The Labute approximate surface area is 73.3 Å².